The SMILES string of the molecule is CC(=O)OC(Br)C(C)(C)C(=O)N(Cl)Cc1ccccc1Br. The molecule has 116 valence electrons. The molecule has 0 saturated heterocycles. The molecule has 0 aliphatic heterocycles. The Morgan fingerprint density at radius 3 is 2.48 bits per heavy atom. The standard InChI is InChI=1S/C14H16Br2ClNO3/c1-9(19)21-12(16)14(2,3)13(20)18(17)8-10-6-4-5-7-11(10)15/h4-7,12H,8H2,1-3H3. The van der Waals surface area contributed by atoms with Gasteiger partial charge in [0.05, 0.1) is 12.0 Å². The smallest absolute Gasteiger partial charge is 0.303 e. The number of amides is 1. The van der Waals surface area contributed by atoms with Gasteiger partial charge in [0, 0.05) is 23.2 Å². The number of rotatable bonds is 5. The summed E-state index contributed by atoms with van der Waals surface area (Å²) in [7, 11) is 0. The second kappa shape index (κ2) is 7.61. The predicted octanol–water partition coefficient (Wildman–Crippen LogP) is 4.24. The van der Waals surface area contributed by atoms with Gasteiger partial charge in [-0.15, -0.1) is 0 Å². The fraction of sp³-hybridized carbons (Fsp3) is 0.429. The molecule has 0 aliphatic rings. The van der Waals surface area contributed by atoms with Crippen LogP contribution in [0.2, 0.25) is 0 Å². The highest BCUT2D eigenvalue weighted by Gasteiger charge is 2.40. The van der Waals surface area contributed by atoms with Crippen molar-refractivity contribution in [3.05, 3.63) is 34.3 Å². The molecule has 1 aromatic rings. The van der Waals surface area contributed by atoms with Gasteiger partial charge in [0.25, 0.3) is 0 Å². The van der Waals surface area contributed by atoms with Crippen molar-refractivity contribution in [2.75, 3.05) is 0 Å². The van der Waals surface area contributed by atoms with Gasteiger partial charge in [-0.25, -0.2) is 4.42 Å². The summed E-state index contributed by atoms with van der Waals surface area (Å²) < 4.78 is 6.99. The summed E-state index contributed by atoms with van der Waals surface area (Å²) in [6.07, 6.45) is 0. The quantitative estimate of drug-likeness (QED) is 0.390. The third-order valence-electron chi connectivity index (χ3n) is 2.88. The van der Waals surface area contributed by atoms with Crippen molar-refractivity contribution in [3.63, 3.8) is 0 Å². The fourth-order valence-corrected chi connectivity index (χ4v) is 2.77. The second-order valence-electron chi connectivity index (χ2n) is 5.06. The van der Waals surface area contributed by atoms with Crippen LogP contribution < -0.4 is 0 Å². The van der Waals surface area contributed by atoms with Crippen LogP contribution in [-0.4, -0.2) is 21.3 Å². The highest BCUT2D eigenvalue weighted by Crippen LogP contribution is 2.32. The molecule has 7 heteroatoms. The number of halogens is 3. The summed E-state index contributed by atoms with van der Waals surface area (Å²) in [5, 5.41) is -0.754. The van der Waals surface area contributed by atoms with Crippen LogP contribution in [0, 0.1) is 5.41 Å². The monoisotopic (exact) mass is 439 g/mol. The first-order valence-corrected chi connectivity index (χ1v) is 8.23. The van der Waals surface area contributed by atoms with Crippen LogP contribution >= 0.6 is 43.6 Å². The van der Waals surface area contributed by atoms with Gasteiger partial charge < -0.3 is 4.74 Å². The van der Waals surface area contributed by atoms with Gasteiger partial charge >= 0.3 is 5.97 Å². The molecule has 1 rings (SSSR count). The van der Waals surface area contributed by atoms with Gasteiger partial charge in [-0.2, -0.15) is 0 Å². The van der Waals surface area contributed by atoms with Crippen LogP contribution in [0.1, 0.15) is 26.3 Å². The molecular weight excluding hydrogens is 425 g/mol. The number of carbonyl (C=O) groups is 2. The normalized spacial score (nSPS) is 12.7. The van der Waals surface area contributed by atoms with Gasteiger partial charge in [0.15, 0.2) is 5.01 Å². The van der Waals surface area contributed by atoms with Crippen LogP contribution in [0.15, 0.2) is 28.7 Å². The summed E-state index contributed by atoms with van der Waals surface area (Å²) in [6.45, 7) is 4.85. The number of alkyl halides is 1. The van der Waals surface area contributed by atoms with Gasteiger partial charge in [-0.1, -0.05) is 34.1 Å². The van der Waals surface area contributed by atoms with E-state index in [4.69, 9.17) is 16.5 Å². The molecule has 4 nitrogen and oxygen atoms in total. The second-order valence-corrected chi connectivity index (χ2v) is 7.16. The Morgan fingerprint density at radius 2 is 1.95 bits per heavy atom. The van der Waals surface area contributed by atoms with Crippen LogP contribution in [0.3, 0.4) is 0 Å². The van der Waals surface area contributed by atoms with Gasteiger partial charge in [0.2, 0.25) is 5.91 Å². The van der Waals surface area contributed by atoms with Crippen molar-refractivity contribution in [2.45, 2.75) is 32.3 Å². The highest BCUT2D eigenvalue weighted by molar-refractivity contribution is 9.10. The molecule has 0 bridgehead atoms. The van der Waals surface area contributed by atoms with Crippen molar-refractivity contribution < 1.29 is 14.3 Å². The molecule has 21 heavy (non-hydrogen) atoms. The molecule has 1 amide bonds. The van der Waals surface area contributed by atoms with E-state index in [-0.39, 0.29) is 12.5 Å². The van der Waals surface area contributed by atoms with E-state index < -0.39 is 16.4 Å². The number of hydrogen-bond acceptors (Lipinski definition) is 3. The predicted molar refractivity (Wildman–Crippen MR) is 88.8 cm³/mol. The van der Waals surface area contributed by atoms with E-state index in [2.05, 4.69) is 31.9 Å². The number of carbonyl (C=O) groups excluding carboxylic acids is 2. The minimum absolute atomic E-state index is 0.241. The fourth-order valence-electron chi connectivity index (χ4n) is 1.55. The minimum atomic E-state index is -0.991. The Hall–Kier alpha value is -0.590. The van der Waals surface area contributed by atoms with Gasteiger partial charge in [-0.3, -0.25) is 9.59 Å². The summed E-state index contributed by atoms with van der Waals surface area (Å²) in [6, 6.07) is 7.50. The first-order chi connectivity index (χ1) is 9.66. The Morgan fingerprint density at radius 1 is 1.38 bits per heavy atom. The van der Waals surface area contributed by atoms with Crippen LogP contribution in [0.25, 0.3) is 0 Å². The lowest BCUT2D eigenvalue weighted by Gasteiger charge is -2.31. The lowest BCUT2D eigenvalue weighted by atomic mass is 9.93. The van der Waals surface area contributed by atoms with E-state index in [1.54, 1.807) is 13.8 Å². The van der Waals surface area contributed by atoms with Crippen molar-refractivity contribution in [3.8, 4) is 0 Å². The third-order valence-corrected chi connectivity index (χ3v) is 5.25. The molecular formula is C14H16Br2ClNO3. The van der Waals surface area contributed by atoms with Gasteiger partial charge in [-0.05, 0) is 41.4 Å². The molecule has 0 aliphatic carbocycles. The van der Waals surface area contributed by atoms with Crippen molar-refractivity contribution in [2.24, 2.45) is 5.41 Å². The van der Waals surface area contributed by atoms with Crippen molar-refractivity contribution in [1.29, 1.82) is 0 Å². The minimum Gasteiger partial charge on any atom is -0.450 e. The Bertz CT molecular complexity index is 537. The maximum atomic E-state index is 12.5. The third kappa shape index (κ3) is 4.97. The van der Waals surface area contributed by atoms with E-state index in [0.29, 0.717) is 0 Å². The Labute approximate surface area is 146 Å². The molecule has 0 N–H and O–H groups in total. The van der Waals surface area contributed by atoms with Gasteiger partial charge in [0.1, 0.15) is 0 Å². The molecule has 1 atom stereocenters. The maximum absolute atomic E-state index is 12.5. The summed E-state index contributed by atoms with van der Waals surface area (Å²) in [4.78, 5) is 23.5. The van der Waals surface area contributed by atoms with E-state index >= 15 is 0 Å². The molecule has 0 aromatic heterocycles. The zero-order chi connectivity index (χ0) is 16.2. The van der Waals surface area contributed by atoms with E-state index in [9.17, 15) is 9.59 Å². The molecule has 0 heterocycles. The average molecular weight is 442 g/mol. The summed E-state index contributed by atoms with van der Waals surface area (Å²) >= 11 is 12.7. The molecule has 0 saturated carbocycles. The Kier molecular flexibility index (Phi) is 6.69. The van der Waals surface area contributed by atoms with Crippen LogP contribution in [-0.2, 0) is 20.9 Å². The number of nitrogens with zero attached hydrogens (tertiary/aromatic N) is 1. The van der Waals surface area contributed by atoms with E-state index in [0.717, 1.165) is 14.5 Å². The average Bonchev–Trinajstić information content (AvgIpc) is 2.39. The summed E-state index contributed by atoms with van der Waals surface area (Å²) in [5.74, 6) is -0.812. The molecule has 1 aromatic carbocycles. The molecule has 0 spiro atoms. The van der Waals surface area contributed by atoms with Crippen LogP contribution in [0.5, 0.6) is 0 Å². The van der Waals surface area contributed by atoms with E-state index in [1.807, 2.05) is 24.3 Å². The topological polar surface area (TPSA) is 46.6 Å². The lowest BCUT2D eigenvalue weighted by Crippen LogP contribution is -2.42. The largest absolute Gasteiger partial charge is 0.450 e. The van der Waals surface area contributed by atoms with Crippen molar-refractivity contribution >= 4 is 55.5 Å². The van der Waals surface area contributed by atoms with Crippen molar-refractivity contribution in [1.82, 2.24) is 4.42 Å². The zero-order valence-corrected chi connectivity index (χ0v) is 15.8. The first kappa shape index (κ1) is 18.5. The molecule has 0 fully saturated rings. The number of hydrogen-bond donors (Lipinski definition) is 0. The molecule has 1 unspecified atom stereocenters. The zero-order valence-electron chi connectivity index (χ0n) is 11.9. The summed E-state index contributed by atoms with van der Waals surface area (Å²) in [5.41, 5.74) is -0.107. The van der Waals surface area contributed by atoms with E-state index in [1.165, 1.54) is 6.92 Å². The Balaban J connectivity index is 2.82. The number of benzene rings is 1. The molecule has 0 radical (unpaired) electrons. The van der Waals surface area contributed by atoms with Crippen LogP contribution in [0.4, 0.5) is 0 Å². The lowest BCUT2D eigenvalue weighted by molar-refractivity contribution is -0.151. The maximum Gasteiger partial charge on any atom is 0.303 e. The number of ether oxygens (including phenoxy) is 1. The number of esters is 1. The highest BCUT2D eigenvalue weighted by atomic mass is 79.9. The first-order valence-electron chi connectivity index (χ1n) is 6.18.